The van der Waals surface area contributed by atoms with Crippen LogP contribution < -0.4 is 14.8 Å². The largest absolute Gasteiger partial charge is 0.492 e. The Hall–Kier alpha value is -4.84. The van der Waals surface area contributed by atoms with E-state index in [1.807, 2.05) is 80.6 Å². The molecule has 0 unspecified atom stereocenters. The number of amides is 1. The minimum atomic E-state index is -0.536. The lowest BCUT2D eigenvalue weighted by atomic mass is 10.0. The molecule has 1 heterocycles. The highest BCUT2D eigenvalue weighted by Crippen LogP contribution is 2.32. The van der Waals surface area contributed by atoms with E-state index in [9.17, 15) is 4.79 Å². The van der Waals surface area contributed by atoms with Crippen molar-refractivity contribution in [3.63, 3.8) is 0 Å². The standard InChI is InChI=1S/C32H29N3O3/c1-23-11-9-10-16-29(23)38-32(36)34-27-17-19-28(20-18-27)37-22-21-35-24(2)33-30(25-12-5-3-6-13-25)31(35)26-14-7-4-8-15-26/h3-20H,21-22H2,1-2H3,(H,34,36). The number of carbonyl (C=O) groups excluding carboxylic acids is 1. The minimum absolute atomic E-state index is 0.466. The Kier molecular flexibility index (Phi) is 7.50. The first-order valence-electron chi connectivity index (χ1n) is 12.5. The van der Waals surface area contributed by atoms with Gasteiger partial charge in [-0.05, 0) is 49.7 Å². The number of benzene rings is 4. The van der Waals surface area contributed by atoms with Crippen LogP contribution in [-0.2, 0) is 6.54 Å². The van der Waals surface area contributed by atoms with Gasteiger partial charge in [-0.25, -0.2) is 9.78 Å². The van der Waals surface area contributed by atoms with Gasteiger partial charge in [-0.2, -0.15) is 0 Å². The Morgan fingerprint density at radius 3 is 2.11 bits per heavy atom. The van der Waals surface area contributed by atoms with Crippen LogP contribution in [-0.4, -0.2) is 22.3 Å². The summed E-state index contributed by atoms with van der Waals surface area (Å²) in [6, 6.07) is 35.2. The number of aryl methyl sites for hydroxylation is 2. The smallest absolute Gasteiger partial charge is 0.417 e. The number of nitrogens with zero attached hydrogens (tertiary/aromatic N) is 2. The first kappa shape index (κ1) is 24.8. The molecular weight excluding hydrogens is 474 g/mol. The van der Waals surface area contributed by atoms with E-state index in [0.29, 0.717) is 30.3 Å². The second-order valence-electron chi connectivity index (χ2n) is 8.89. The summed E-state index contributed by atoms with van der Waals surface area (Å²) >= 11 is 0. The lowest BCUT2D eigenvalue weighted by molar-refractivity contribution is 0.215. The molecule has 0 saturated carbocycles. The maximum Gasteiger partial charge on any atom is 0.417 e. The molecule has 1 aromatic heterocycles. The van der Waals surface area contributed by atoms with E-state index in [1.165, 1.54) is 0 Å². The summed E-state index contributed by atoms with van der Waals surface area (Å²) < 4.78 is 13.6. The molecule has 0 atom stereocenters. The predicted octanol–water partition coefficient (Wildman–Crippen LogP) is 7.52. The molecule has 1 amide bonds. The number of hydrogen-bond donors (Lipinski definition) is 1. The van der Waals surface area contributed by atoms with Crippen LogP contribution in [0.4, 0.5) is 10.5 Å². The molecule has 4 aromatic carbocycles. The van der Waals surface area contributed by atoms with Gasteiger partial charge in [0, 0.05) is 16.8 Å². The van der Waals surface area contributed by atoms with Crippen molar-refractivity contribution in [2.75, 3.05) is 11.9 Å². The van der Waals surface area contributed by atoms with E-state index in [4.69, 9.17) is 14.5 Å². The zero-order chi connectivity index (χ0) is 26.3. The van der Waals surface area contributed by atoms with Crippen LogP contribution in [0, 0.1) is 13.8 Å². The number of rotatable bonds is 8. The normalized spacial score (nSPS) is 10.7. The van der Waals surface area contributed by atoms with Crippen molar-refractivity contribution >= 4 is 11.8 Å². The maximum absolute atomic E-state index is 12.3. The molecule has 0 aliphatic carbocycles. The third kappa shape index (κ3) is 5.76. The Morgan fingerprint density at radius 1 is 0.789 bits per heavy atom. The van der Waals surface area contributed by atoms with Gasteiger partial charge in [-0.3, -0.25) is 5.32 Å². The molecule has 38 heavy (non-hydrogen) atoms. The molecule has 1 N–H and O–H groups in total. The zero-order valence-electron chi connectivity index (χ0n) is 21.4. The lowest BCUT2D eigenvalue weighted by Crippen LogP contribution is -2.17. The molecular formula is C32H29N3O3. The topological polar surface area (TPSA) is 65.4 Å². The average molecular weight is 504 g/mol. The molecule has 0 bridgehead atoms. The SMILES string of the molecule is Cc1ccccc1OC(=O)Nc1ccc(OCCn2c(C)nc(-c3ccccc3)c2-c2ccccc2)cc1. The zero-order valence-corrected chi connectivity index (χ0v) is 21.4. The molecule has 0 aliphatic rings. The van der Waals surface area contributed by atoms with Gasteiger partial charge in [0.15, 0.2) is 0 Å². The highest BCUT2D eigenvalue weighted by molar-refractivity contribution is 5.86. The Balaban J connectivity index is 1.25. The van der Waals surface area contributed by atoms with Crippen LogP contribution in [0.25, 0.3) is 22.5 Å². The summed E-state index contributed by atoms with van der Waals surface area (Å²) in [6.45, 7) is 5.02. The van der Waals surface area contributed by atoms with Crippen molar-refractivity contribution in [1.29, 1.82) is 0 Å². The number of ether oxygens (including phenoxy) is 2. The minimum Gasteiger partial charge on any atom is -0.492 e. The van der Waals surface area contributed by atoms with Gasteiger partial charge in [0.1, 0.15) is 23.9 Å². The number of nitrogens with one attached hydrogen (secondary N) is 1. The molecule has 0 aliphatic heterocycles. The molecule has 6 nitrogen and oxygen atoms in total. The van der Waals surface area contributed by atoms with Crippen LogP contribution in [0.1, 0.15) is 11.4 Å². The second-order valence-corrected chi connectivity index (χ2v) is 8.89. The number of para-hydroxylation sites is 1. The molecule has 0 fully saturated rings. The van der Waals surface area contributed by atoms with E-state index in [2.05, 4.69) is 34.1 Å². The highest BCUT2D eigenvalue weighted by Gasteiger charge is 2.18. The Labute approximate surface area is 222 Å². The van der Waals surface area contributed by atoms with E-state index in [0.717, 1.165) is 33.9 Å². The highest BCUT2D eigenvalue weighted by atomic mass is 16.6. The summed E-state index contributed by atoms with van der Waals surface area (Å²) in [7, 11) is 0. The van der Waals surface area contributed by atoms with Crippen LogP contribution >= 0.6 is 0 Å². The number of imidazole rings is 1. The Bertz CT molecular complexity index is 1510. The molecule has 0 saturated heterocycles. The predicted molar refractivity (Wildman–Crippen MR) is 151 cm³/mol. The quantitative estimate of drug-likeness (QED) is 0.238. The monoisotopic (exact) mass is 503 g/mol. The first-order valence-corrected chi connectivity index (χ1v) is 12.5. The molecule has 6 heteroatoms. The fraction of sp³-hybridized carbons (Fsp3) is 0.125. The number of aromatic nitrogens is 2. The lowest BCUT2D eigenvalue weighted by Gasteiger charge is -2.13. The fourth-order valence-corrected chi connectivity index (χ4v) is 4.33. The molecule has 5 rings (SSSR count). The number of hydrogen-bond acceptors (Lipinski definition) is 4. The van der Waals surface area contributed by atoms with E-state index in [1.54, 1.807) is 18.2 Å². The molecule has 190 valence electrons. The van der Waals surface area contributed by atoms with Gasteiger partial charge in [-0.15, -0.1) is 0 Å². The first-order chi connectivity index (χ1) is 18.6. The molecule has 0 spiro atoms. The van der Waals surface area contributed by atoms with Gasteiger partial charge in [-0.1, -0.05) is 78.9 Å². The average Bonchev–Trinajstić information content (AvgIpc) is 3.28. The fourth-order valence-electron chi connectivity index (χ4n) is 4.33. The Morgan fingerprint density at radius 2 is 1.42 bits per heavy atom. The summed E-state index contributed by atoms with van der Waals surface area (Å²) in [6.07, 6.45) is -0.536. The van der Waals surface area contributed by atoms with Gasteiger partial charge < -0.3 is 14.0 Å². The van der Waals surface area contributed by atoms with Crippen LogP contribution in [0.3, 0.4) is 0 Å². The van der Waals surface area contributed by atoms with Gasteiger partial charge in [0.25, 0.3) is 0 Å². The molecule has 0 radical (unpaired) electrons. The third-order valence-corrected chi connectivity index (χ3v) is 6.23. The number of anilines is 1. The number of carbonyl (C=O) groups is 1. The second kappa shape index (κ2) is 11.5. The summed E-state index contributed by atoms with van der Waals surface area (Å²) in [5, 5.41) is 2.75. The van der Waals surface area contributed by atoms with Crippen LogP contribution in [0.2, 0.25) is 0 Å². The van der Waals surface area contributed by atoms with E-state index < -0.39 is 6.09 Å². The van der Waals surface area contributed by atoms with E-state index >= 15 is 0 Å². The van der Waals surface area contributed by atoms with Crippen molar-refractivity contribution in [1.82, 2.24) is 9.55 Å². The van der Waals surface area contributed by atoms with Crippen molar-refractivity contribution in [2.45, 2.75) is 20.4 Å². The van der Waals surface area contributed by atoms with Crippen LogP contribution in [0.5, 0.6) is 11.5 Å². The van der Waals surface area contributed by atoms with Crippen LogP contribution in [0.15, 0.2) is 109 Å². The summed E-state index contributed by atoms with van der Waals surface area (Å²) in [4.78, 5) is 17.2. The van der Waals surface area contributed by atoms with Gasteiger partial charge in [0.2, 0.25) is 0 Å². The van der Waals surface area contributed by atoms with Crippen molar-refractivity contribution in [3.05, 3.63) is 121 Å². The molecule has 5 aromatic rings. The third-order valence-electron chi connectivity index (χ3n) is 6.23. The maximum atomic E-state index is 12.3. The van der Waals surface area contributed by atoms with Crippen molar-refractivity contribution < 1.29 is 14.3 Å². The summed E-state index contributed by atoms with van der Waals surface area (Å²) in [5.74, 6) is 2.17. The van der Waals surface area contributed by atoms with E-state index in [-0.39, 0.29) is 0 Å². The van der Waals surface area contributed by atoms with Crippen molar-refractivity contribution in [3.8, 4) is 34.0 Å². The van der Waals surface area contributed by atoms with Gasteiger partial charge in [0.05, 0.1) is 17.9 Å². The summed E-state index contributed by atoms with van der Waals surface area (Å²) in [5.41, 5.74) is 5.75. The van der Waals surface area contributed by atoms with Crippen molar-refractivity contribution in [2.24, 2.45) is 0 Å². The van der Waals surface area contributed by atoms with Gasteiger partial charge >= 0.3 is 6.09 Å².